The SMILES string of the molecule is CCOP(=O)(Cc1ccc(C(=O)N[C@@H](Cc2cccc(Cl)c2)C(=O)O)cc1)OCC. The number of halogens is 1. The van der Waals surface area contributed by atoms with Crippen molar-refractivity contribution in [3.8, 4) is 0 Å². The number of carboxylic acid groups (broad SMARTS) is 1. The number of carboxylic acids is 1. The Bertz CT molecular complexity index is 908. The molecule has 9 heteroatoms. The normalized spacial score (nSPS) is 12.4. The van der Waals surface area contributed by atoms with Crippen molar-refractivity contribution in [3.63, 3.8) is 0 Å². The van der Waals surface area contributed by atoms with E-state index in [1.807, 2.05) is 0 Å². The number of rotatable bonds is 11. The Kier molecular flexibility index (Phi) is 9.06. The highest BCUT2D eigenvalue weighted by atomic mass is 35.5. The number of hydrogen-bond acceptors (Lipinski definition) is 5. The summed E-state index contributed by atoms with van der Waals surface area (Å²) in [4.78, 5) is 24.1. The molecule has 30 heavy (non-hydrogen) atoms. The standard InChI is InChI=1S/C21H25ClNO6P/c1-3-28-30(27,29-4-2)14-15-8-10-17(11-9-15)20(24)23-19(21(25)26)13-16-6-5-7-18(22)12-16/h5-12,19H,3-4,13-14H2,1-2H3,(H,23,24)(H,25,26)/t19-/m0/s1. The van der Waals surface area contributed by atoms with Crippen molar-refractivity contribution >= 4 is 31.1 Å². The molecule has 1 amide bonds. The summed E-state index contributed by atoms with van der Waals surface area (Å²) in [6.07, 6.45) is 0.189. The predicted octanol–water partition coefficient (Wildman–Crippen LogP) is 4.53. The van der Waals surface area contributed by atoms with Crippen molar-refractivity contribution in [2.75, 3.05) is 13.2 Å². The molecule has 0 aliphatic heterocycles. The molecule has 0 spiro atoms. The molecule has 2 N–H and O–H groups in total. The maximum Gasteiger partial charge on any atom is 0.335 e. The third kappa shape index (κ3) is 7.26. The number of carbonyl (C=O) groups is 2. The second-order valence-electron chi connectivity index (χ2n) is 6.50. The summed E-state index contributed by atoms with van der Waals surface area (Å²) in [5.41, 5.74) is 1.68. The van der Waals surface area contributed by atoms with Crippen LogP contribution in [0.1, 0.15) is 35.3 Å². The Hall–Kier alpha value is -2.18. The van der Waals surface area contributed by atoms with Crippen LogP contribution in [0.4, 0.5) is 0 Å². The maximum atomic E-state index is 12.6. The van der Waals surface area contributed by atoms with Gasteiger partial charge in [-0.15, -0.1) is 0 Å². The fraction of sp³-hybridized carbons (Fsp3) is 0.333. The Morgan fingerprint density at radius 3 is 2.23 bits per heavy atom. The summed E-state index contributed by atoms with van der Waals surface area (Å²) >= 11 is 5.94. The highest BCUT2D eigenvalue weighted by Crippen LogP contribution is 2.51. The fourth-order valence-electron chi connectivity index (χ4n) is 2.85. The summed E-state index contributed by atoms with van der Waals surface area (Å²) in [5, 5.41) is 12.5. The third-order valence-electron chi connectivity index (χ3n) is 4.18. The van der Waals surface area contributed by atoms with Crippen molar-refractivity contribution in [3.05, 3.63) is 70.2 Å². The number of carbonyl (C=O) groups excluding carboxylic acids is 1. The Morgan fingerprint density at radius 1 is 1.07 bits per heavy atom. The maximum absolute atomic E-state index is 12.6. The Labute approximate surface area is 180 Å². The van der Waals surface area contributed by atoms with E-state index in [2.05, 4.69) is 5.32 Å². The smallest absolute Gasteiger partial charge is 0.335 e. The molecule has 0 aliphatic rings. The lowest BCUT2D eigenvalue weighted by molar-refractivity contribution is -0.139. The average molecular weight is 454 g/mol. The zero-order valence-corrected chi connectivity index (χ0v) is 18.5. The zero-order chi connectivity index (χ0) is 22.1. The largest absolute Gasteiger partial charge is 0.480 e. The van der Waals surface area contributed by atoms with Gasteiger partial charge in [0.15, 0.2) is 0 Å². The molecule has 0 radical (unpaired) electrons. The number of benzene rings is 2. The van der Waals surface area contributed by atoms with E-state index in [-0.39, 0.29) is 25.8 Å². The molecule has 2 rings (SSSR count). The van der Waals surface area contributed by atoms with Crippen LogP contribution in [0.2, 0.25) is 5.02 Å². The van der Waals surface area contributed by atoms with E-state index in [0.29, 0.717) is 21.7 Å². The molecular weight excluding hydrogens is 429 g/mol. The van der Waals surface area contributed by atoms with Gasteiger partial charge >= 0.3 is 13.6 Å². The minimum absolute atomic E-state index is 0.0864. The van der Waals surface area contributed by atoms with Gasteiger partial charge in [-0.1, -0.05) is 35.9 Å². The highest BCUT2D eigenvalue weighted by molar-refractivity contribution is 7.53. The van der Waals surface area contributed by atoms with Gasteiger partial charge in [-0.05, 0) is 49.2 Å². The van der Waals surface area contributed by atoms with Crippen LogP contribution >= 0.6 is 19.2 Å². The minimum atomic E-state index is -3.25. The molecule has 0 bridgehead atoms. The molecule has 1 atom stereocenters. The lowest BCUT2D eigenvalue weighted by Crippen LogP contribution is -2.42. The van der Waals surface area contributed by atoms with Gasteiger partial charge in [-0.3, -0.25) is 9.36 Å². The fourth-order valence-corrected chi connectivity index (χ4v) is 4.76. The van der Waals surface area contributed by atoms with Crippen LogP contribution in [0.25, 0.3) is 0 Å². The lowest BCUT2D eigenvalue weighted by Gasteiger charge is -2.17. The van der Waals surface area contributed by atoms with E-state index in [1.165, 1.54) is 0 Å². The summed E-state index contributed by atoms with van der Waals surface area (Å²) in [6, 6.07) is 12.1. The first kappa shape index (κ1) is 24.1. The van der Waals surface area contributed by atoms with Gasteiger partial charge in [0.2, 0.25) is 0 Å². The van der Waals surface area contributed by atoms with Crippen molar-refractivity contribution in [1.29, 1.82) is 0 Å². The van der Waals surface area contributed by atoms with E-state index < -0.39 is 25.5 Å². The summed E-state index contributed by atoms with van der Waals surface area (Å²) < 4.78 is 23.2. The summed E-state index contributed by atoms with van der Waals surface area (Å²) in [6.45, 7) is 4.00. The number of hydrogen-bond donors (Lipinski definition) is 2. The molecule has 0 heterocycles. The second kappa shape index (κ2) is 11.3. The van der Waals surface area contributed by atoms with E-state index >= 15 is 0 Å². The summed E-state index contributed by atoms with van der Waals surface area (Å²) in [7, 11) is -3.25. The van der Waals surface area contributed by atoms with Gasteiger partial charge in [-0.2, -0.15) is 0 Å². The van der Waals surface area contributed by atoms with Crippen molar-refractivity contribution in [2.24, 2.45) is 0 Å². The van der Waals surface area contributed by atoms with Gasteiger partial charge in [0, 0.05) is 17.0 Å². The van der Waals surface area contributed by atoms with Crippen LogP contribution in [-0.2, 0) is 31.0 Å². The minimum Gasteiger partial charge on any atom is -0.480 e. The first-order valence-electron chi connectivity index (χ1n) is 9.51. The van der Waals surface area contributed by atoms with E-state index in [9.17, 15) is 19.3 Å². The first-order chi connectivity index (χ1) is 14.3. The molecule has 0 saturated heterocycles. The Morgan fingerprint density at radius 2 is 1.70 bits per heavy atom. The van der Waals surface area contributed by atoms with E-state index in [0.717, 1.165) is 0 Å². The predicted molar refractivity (Wildman–Crippen MR) is 115 cm³/mol. The van der Waals surface area contributed by atoms with Gasteiger partial charge in [0.1, 0.15) is 6.04 Å². The molecule has 0 saturated carbocycles. The van der Waals surface area contributed by atoms with E-state index in [4.69, 9.17) is 20.6 Å². The van der Waals surface area contributed by atoms with Crippen LogP contribution in [0, 0.1) is 0 Å². The highest BCUT2D eigenvalue weighted by Gasteiger charge is 2.25. The molecule has 2 aromatic carbocycles. The van der Waals surface area contributed by atoms with Crippen molar-refractivity contribution in [1.82, 2.24) is 5.32 Å². The topological polar surface area (TPSA) is 102 Å². The number of amides is 1. The van der Waals surface area contributed by atoms with Crippen molar-refractivity contribution < 1.29 is 28.3 Å². The lowest BCUT2D eigenvalue weighted by atomic mass is 10.1. The van der Waals surface area contributed by atoms with Crippen molar-refractivity contribution in [2.45, 2.75) is 32.5 Å². The van der Waals surface area contributed by atoms with Gasteiger partial charge in [0.05, 0.1) is 19.4 Å². The van der Waals surface area contributed by atoms with Crippen LogP contribution in [0.5, 0.6) is 0 Å². The van der Waals surface area contributed by atoms with Crippen LogP contribution in [-0.4, -0.2) is 36.2 Å². The van der Waals surface area contributed by atoms with Crippen LogP contribution in [0.15, 0.2) is 48.5 Å². The Balaban J connectivity index is 2.06. The number of nitrogens with one attached hydrogen (secondary N) is 1. The molecule has 7 nitrogen and oxygen atoms in total. The quantitative estimate of drug-likeness (QED) is 0.484. The zero-order valence-electron chi connectivity index (χ0n) is 16.8. The van der Waals surface area contributed by atoms with Crippen LogP contribution < -0.4 is 5.32 Å². The van der Waals surface area contributed by atoms with Gasteiger partial charge < -0.3 is 19.5 Å². The average Bonchev–Trinajstić information content (AvgIpc) is 2.68. The van der Waals surface area contributed by atoms with Gasteiger partial charge in [0.25, 0.3) is 5.91 Å². The number of aliphatic carboxylic acids is 1. The molecule has 0 fully saturated rings. The molecular formula is C21H25ClNO6P. The third-order valence-corrected chi connectivity index (χ3v) is 6.47. The molecule has 0 unspecified atom stereocenters. The molecule has 0 aliphatic carbocycles. The monoisotopic (exact) mass is 453 g/mol. The molecule has 162 valence electrons. The second-order valence-corrected chi connectivity index (χ2v) is 8.99. The molecule has 0 aromatic heterocycles. The van der Waals surface area contributed by atoms with Gasteiger partial charge in [-0.25, -0.2) is 4.79 Å². The van der Waals surface area contributed by atoms with E-state index in [1.54, 1.807) is 62.4 Å². The molecule has 2 aromatic rings. The first-order valence-corrected chi connectivity index (χ1v) is 11.6. The summed E-state index contributed by atoms with van der Waals surface area (Å²) in [5.74, 6) is -1.66. The van der Waals surface area contributed by atoms with Crippen LogP contribution in [0.3, 0.4) is 0 Å².